The lowest BCUT2D eigenvalue weighted by Crippen LogP contribution is -2.34. The highest BCUT2D eigenvalue weighted by Gasteiger charge is 2.24. The minimum Gasteiger partial charge on any atom is -0.487 e. The van der Waals surface area contributed by atoms with Crippen molar-refractivity contribution in [3.8, 4) is 5.75 Å². The lowest BCUT2D eigenvalue weighted by molar-refractivity contribution is -0.128. The monoisotopic (exact) mass is 547 g/mol. The van der Waals surface area contributed by atoms with E-state index in [9.17, 15) is 18.4 Å². The second kappa shape index (κ2) is 11.1. The number of fused-ring (bicyclic) bond motifs is 1. The van der Waals surface area contributed by atoms with E-state index >= 15 is 0 Å². The highest BCUT2D eigenvalue weighted by molar-refractivity contribution is 6.33. The first kappa shape index (κ1) is 27.6. The molecule has 2 amide bonds. The van der Waals surface area contributed by atoms with Crippen LogP contribution in [-0.4, -0.2) is 40.9 Å². The molecule has 1 aliphatic rings. The van der Waals surface area contributed by atoms with Crippen LogP contribution in [0, 0.1) is 11.3 Å². The van der Waals surface area contributed by atoms with Gasteiger partial charge < -0.3 is 25.3 Å². The Hall–Kier alpha value is -3.40. The molecule has 1 aliphatic carbocycles. The highest BCUT2D eigenvalue weighted by atomic mass is 35.5. The summed E-state index contributed by atoms with van der Waals surface area (Å²) in [5.41, 5.74) is 2.13. The molecule has 0 saturated heterocycles. The summed E-state index contributed by atoms with van der Waals surface area (Å²) in [5.74, 6) is 0.486. The number of rotatable bonds is 10. The maximum atomic E-state index is 12.9. The van der Waals surface area contributed by atoms with E-state index in [2.05, 4.69) is 20.9 Å². The van der Waals surface area contributed by atoms with Gasteiger partial charge in [0.2, 0.25) is 11.9 Å². The lowest BCUT2D eigenvalue weighted by atomic mass is 9.95. The van der Waals surface area contributed by atoms with E-state index in [-0.39, 0.29) is 17.2 Å². The smallest absolute Gasteiger partial charge is 0.272 e. The Balaban J connectivity index is 1.60. The van der Waals surface area contributed by atoms with Crippen LogP contribution in [-0.2, 0) is 18.4 Å². The normalized spacial score (nSPS) is 13.6. The minimum absolute atomic E-state index is 0.0651. The van der Waals surface area contributed by atoms with Crippen LogP contribution in [0.2, 0.25) is 5.02 Å². The minimum atomic E-state index is -2.68. The van der Waals surface area contributed by atoms with Crippen LogP contribution >= 0.6 is 11.6 Å². The average molecular weight is 548 g/mol. The van der Waals surface area contributed by atoms with E-state index in [1.807, 2.05) is 32.9 Å². The van der Waals surface area contributed by atoms with E-state index in [1.165, 1.54) is 0 Å². The molecule has 11 heteroatoms. The van der Waals surface area contributed by atoms with E-state index < -0.39 is 24.4 Å². The average Bonchev–Trinajstić information content (AvgIpc) is 3.64. The fraction of sp³-hybridized carbons (Fsp3) is 0.444. The van der Waals surface area contributed by atoms with Crippen LogP contribution in [0.3, 0.4) is 0 Å². The summed E-state index contributed by atoms with van der Waals surface area (Å²) in [4.78, 5) is 29.7. The Morgan fingerprint density at radius 1 is 1.18 bits per heavy atom. The maximum absolute atomic E-state index is 12.9. The number of nitrogens with one attached hydrogen (secondary N) is 3. The lowest BCUT2D eigenvalue weighted by Gasteiger charge is -2.18. The van der Waals surface area contributed by atoms with Gasteiger partial charge in [-0.25, -0.2) is 13.8 Å². The van der Waals surface area contributed by atoms with Crippen molar-refractivity contribution < 1.29 is 23.1 Å². The van der Waals surface area contributed by atoms with Gasteiger partial charge in [-0.05, 0) is 42.5 Å². The summed E-state index contributed by atoms with van der Waals surface area (Å²) < 4.78 is 32.8. The Bertz CT molecular complexity index is 1350. The third-order valence-electron chi connectivity index (χ3n) is 6.25. The Morgan fingerprint density at radius 3 is 2.58 bits per heavy atom. The quantitative estimate of drug-likeness (QED) is 0.315. The van der Waals surface area contributed by atoms with Crippen LogP contribution in [0.1, 0.15) is 49.5 Å². The van der Waals surface area contributed by atoms with Gasteiger partial charge in [-0.2, -0.15) is 0 Å². The van der Waals surface area contributed by atoms with Crippen LogP contribution in [0.25, 0.3) is 11.0 Å². The van der Waals surface area contributed by atoms with Crippen molar-refractivity contribution in [3.05, 3.63) is 46.5 Å². The van der Waals surface area contributed by atoms with Gasteiger partial charge in [0.1, 0.15) is 12.4 Å². The van der Waals surface area contributed by atoms with Crippen molar-refractivity contribution in [2.24, 2.45) is 18.4 Å². The molecular formula is C27H32ClF2N5O3. The number of hydrogen-bond donors (Lipinski definition) is 3. The molecule has 8 nitrogen and oxygen atoms in total. The van der Waals surface area contributed by atoms with Crippen molar-refractivity contribution in [3.63, 3.8) is 0 Å². The number of carbonyl (C=O) groups is 2. The SMILES string of the molecule is Cn1c(Nc2cc(CNC(=O)C(C)(C)C)ccc2Cl)nc2cc(C(=O)NCC3CC3)c(OCC(F)F)cc21. The number of hydrogen-bond acceptors (Lipinski definition) is 5. The van der Waals surface area contributed by atoms with Crippen molar-refractivity contribution in [1.29, 1.82) is 0 Å². The van der Waals surface area contributed by atoms with E-state index in [1.54, 1.807) is 29.8 Å². The van der Waals surface area contributed by atoms with Gasteiger partial charge in [0.25, 0.3) is 12.3 Å². The number of halogens is 3. The molecule has 1 aromatic heterocycles. The third kappa shape index (κ3) is 6.72. The van der Waals surface area contributed by atoms with Crippen molar-refractivity contribution in [2.75, 3.05) is 18.5 Å². The Labute approximate surface area is 225 Å². The van der Waals surface area contributed by atoms with Crippen molar-refractivity contribution in [2.45, 2.75) is 46.6 Å². The number of aromatic nitrogens is 2. The standard InChI is InChI=1S/C27H32ClF2N5O3/c1-27(2,3)25(37)32-13-16-7-8-18(28)19(9-16)33-26-34-20-10-17(24(36)31-12-15-5-6-15)22(38-14-23(29)30)11-21(20)35(26)4/h7-11,15,23H,5-6,12-14H2,1-4H3,(H,31,36)(H,32,37)(H,33,34). The summed E-state index contributed by atoms with van der Waals surface area (Å²) in [6.07, 6.45) is -0.550. The number of anilines is 2. The number of carbonyl (C=O) groups excluding carboxylic acids is 2. The molecule has 204 valence electrons. The predicted molar refractivity (Wildman–Crippen MR) is 143 cm³/mol. The second-order valence-electron chi connectivity index (χ2n) is 10.6. The molecule has 4 rings (SSSR count). The number of amides is 2. The Morgan fingerprint density at radius 2 is 1.92 bits per heavy atom. The van der Waals surface area contributed by atoms with Crippen LogP contribution in [0.4, 0.5) is 20.4 Å². The van der Waals surface area contributed by atoms with Crippen LogP contribution < -0.4 is 20.7 Å². The molecule has 1 saturated carbocycles. The molecule has 0 spiro atoms. The first-order valence-corrected chi connectivity index (χ1v) is 12.8. The summed E-state index contributed by atoms with van der Waals surface area (Å²) in [6, 6.07) is 8.46. The zero-order valence-electron chi connectivity index (χ0n) is 21.8. The number of nitrogens with zero attached hydrogens (tertiary/aromatic N) is 2. The molecule has 3 aromatic rings. The van der Waals surface area contributed by atoms with Gasteiger partial charge in [0.05, 0.1) is 27.3 Å². The largest absolute Gasteiger partial charge is 0.487 e. The third-order valence-corrected chi connectivity index (χ3v) is 6.58. The van der Waals surface area contributed by atoms with Gasteiger partial charge in [-0.1, -0.05) is 38.4 Å². The molecule has 3 N–H and O–H groups in total. The van der Waals surface area contributed by atoms with E-state index in [0.717, 1.165) is 18.4 Å². The number of benzene rings is 2. The summed E-state index contributed by atoms with van der Waals surface area (Å²) in [6.45, 7) is 5.56. The molecule has 0 radical (unpaired) electrons. The highest BCUT2D eigenvalue weighted by Crippen LogP contribution is 2.32. The molecule has 38 heavy (non-hydrogen) atoms. The molecule has 0 bridgehead atoms. The topological polar surface area (TPSA) is 97.3 Å². The molecule has 0 atom stereocenters. The fourth-order valence-electron chi connectivity index (χ4n) is 3.78. The first-order valence-electron chi connectivity index (χ1n) is 12.5. The zero-order chi connectivity index (χ0) is 27.6. The first-order chi connectivity index (χ1) is 17.9. The van der Waals surface area contributed by atoms with E-state index in [4.69, 9.17) is 16.3 Å². The van der Waals surface area contributed by atoms with E-state index in [0.29, 0.717) is 46.7 Å². The molecule has 0 aliphatic heterocycles. The van der Waals surface area contributed by atoms with Crippen molar-refractivity contribution >= 4 is 46.1 Å². The van der Waals surface area contributed by atoms with Crippen LogP contribution in [0.5, 0.6) is 5.75 Å². The fourth-order valence-corrected chi connectivity index (χ4v) is 3.95. The molecular weight excluding hydrogens is 516 g/mol. The van der Waals surface area contributed by atoms with Gasteiger partial charge in [0.15, 0.2) is 0 Å². The number of imidazole rings is 1. The summed E-state index contributed by atoms with van der Waals surface area (Å²) in [7, 11) is 1.75. The molecule has 1 heterocycles. The van der Waals surface area contributed by atoms with Crippen molar-refractivity contribution in [1.82, 2.24) is 20.2 Å². The molecule has 2 aromatic carbocycles. The molecule has 0 unspecified atom stereocenters. The maximum Gasteiger partial charge on any atom is 0.272 e. The van der Waals surface area contributed by atoms with Gasteiger partial charge in [-0.3, -0.25) is 9.59 Å². The number of alkyl halides is 2. The van der Waals surface area contributed by atoms with Gasteiger partial charge in [0, 0.05) is 31.6 Å². The number of ether oxygens (including phenoxy) is 1. The van der Waals surface area contributed by atoms with Crippen LogP contribution in [0.15, 0.2) is 30.3 Å². The second-order valence-corrected chi connectivity index (χ2v) is 11.0. The summed E-state index contributed by atoms with van der Waals surface area (Å²) >= 11 is 6.43. The Kier molecular flexibility index (Phi) is 8.10. The number of aryl methyl sites for hydroxylation is 1. The summed E-state index contributed by atoms with van der Waals surface area (Å²) in [5, 5.41) is 9.41. The zero-order valence-corrected chi connectivity index (χ0v) is 22.6. The van der Waals surface area contributed by atoms with Gasteiger partial charge >= 0.3 is 0 Å². The predicted octanol–water partition coefficient (Wildman–Crippen LogP) is 5.42. The molecule has 1 fully saturated rings. The van der Waals surface area contributed by atoms with Gasteiger partial charge in [-0.15, -0.1) is 0 Å².